The molecule has 0 saturated heterocycles. The number of nitrogens with zero attached hydrogens (tertiary/aromatic N) is 3. The maximum Gasteiger partial charge on any atom is 0.274 e. The first-order chi connectivity index (χ1) is 9.13. The van der Waals surface area contributed by atoms with Crippen LogP contribution in [0.3, 0.4) is 0 Å². The number of benzene rings is 1. The topological polar surface area (TPSA) is 102 Å². The Hall–Kier alpha value is -2.83. The third-order valence-electron chi connectivity index (χ3n) is 2.83. The zero-order valence-corrected chi connectivity index (χ0v) is 10.2. The molecule has 0 radical (unpaired) electrons. The van der Waals surface area contributed by atoms with Gasteiger partial charge in [-0.2, -0.15) is 10.1 Å². The molecule has 2 heterocycles. The molecule has 0 atom stereocenters. The molecule has 19 heavy (non-hydrogen) atoms. The molecule has 1 amide bonds. The smallest absolute Gasteiger partial charge is 0.274 e. The number of H-pyrrole nitrogens is 1. The first kappa shape index (κ1) is 11.3. The van der Waals surface area contributed by atoms with Gasteiger partial charge in [-0.05, 0) is 24.3 Å². The lowest BCUT2D eigenvalue weighted by molar-refractivity contribution is 0.102. The fourth-order valence-electron chi connectivity index (χ4n) is 1.85. The van der Waals surface area contributed by atoms with Crippen LogP contribution in [0.15, 0.2) is 30.6 Å². The van der Waals surface area contributed by atoms with Crippen molar-refractivity contribution in [2.24, 2.45) is 7.05 Å². The largest absolute Gasteiger partial charge is 0.399 e. The van der Waals surface area contributed by atoms with Crippen LogP contribution in [0.5, 0.6) is 0 Å². The number of nitrogens with one attached hydrogen (secondary N) is 2. The number of aryl methyl sites for hydroxylation is 1. The van der Waals surface area contributed by atoms with E-state index in [1.54, 1.807) is 19.2 Å². The monoisotopic (exact) mass is 256 g/mol. The molecule has 0 saturated carbocycles. The van der Waals surface area contributed by atoms with Gasteiger partial charge in [-0.1, -0.05) is 0 Å². The number of anilines is 2. The predicted molar refractivity (Wildman–Crippen MR) is 71.7 cm³/mol. The molecule has 0 bridgehead atoms. The SMILES string of the molecule is Cn1ncnc1NC(=O)c1cc2cc(N)ccc2[nH]1. The molecule has 0 fully saturated rings. The van der Waals surface area contributed by atoms with E-state index in [1.807, 2.05) is 12.1 Å². The number of hydrogen-bond acceptors (Lipinski definition) is 4. The quantitative estimate of drug-likeness (QED) is 0.598. The highest BCUT2D eigenvalue weighted by molar-refractivity contribution is 6.05. The lowest BCUT2D eigenvalue weighted by atomic mass is 10.2. The lowest BCUT2D eigenvalue weighted by Crippen LogP contribution is -2.15. The normalized spacial score (nSPS) is 10.8. The van der Waals surface area contributed by atoms with Crippen molar-refractivity contribution in [3.05, 3.63) is 36.3 Å². The molecule has 7 heteroatoms. The second-order valence-electron chi connectivity index (χ2n) is 4.19. The van der Waals surface area contributed by atoms with Crippen molar-refractivity contribution in [3.63, 3.8) is 0 Å². The molecule has 2 aromatic heterocycles. The van der Waals surface area contributed by atoms with Gasteiger partial charge in [0.1, 0.15) is 12.0 Å². The predicted octanol–water partition coefficient (Wildman–Crippen LogP) is 1.13. The van der Waals surface area contributed by atoms with Gasteiger partial charge in [0.25, 0.3) is 5.91 Å². The number of rotatable bonds is 2. The van der Waals surface area contributed by atoms with E-state index in [4.69, 9.17) is 5.73 Å². The van der Waals surface area contributed by atoms with Gasteiger partial charge < -0.3 is 10.7 Å². The molecule has 3 rings (SSSR count). The van der Waals surface area contributed by atoms with Crippen LogP contribution in [-0.4, -0.2) is 25.7 Å². The van der Waals surface area contributed by atoms with Crippen molar-refractivity contribution in [2.45, 2.75) is 0 Å². The van der Waals surface area contributed by atoms with E-state index in [2.05, 4.69) is 20.4 Å². The summed E-state index contributed by atoms with van der Waals surface area (Å²) >= 11 is 0. The van der Waals surface area contributed by atoms with E-state index in [-0.39, 0.29) is 5.91 Å². The summed E-state index contributed by atoms with van der Waals surface area (Å²) in [6, 6.07) is 7.18. The fourth-order valence-corrected chi connectivity index (χ4v) is 1.85. The molecule has 3 aromatic rings. The minimum absolute atomic E-state index is 0.272. The van der Waals surface area contributed by atoms with Crippen molar-refractivity contribution in [2.75, 3.05) is 11.1 Å². The number of aromatic nitrogens is 4. The van der Waals surface area contributed by atoms with E-state index >= 15 is 0 Å². The summed E-state index contributed by atoms with van der Waals surface area (Å²) in [7, 11) is 1.70. The van der Waals surface area contributed by atoms with Gasteiger partial charge in [0.15, 0.2) is 0 Å². The molecule has 96 valence electrons. The molecule has 0 aliphatic rings. The molecule has 0 aliphatic carbocycles. The molecule has 1 aromatic carbocycles. The van der Waals surface area contributed by atoms with Crippen molar-refractivity contribution in [1.29, 1.82) is 0 Å². The summed E-state index contributed by atoms with van der Waals surface area (Å²) in [6.45, 7) is 0. The number of fused-ring (bicyclic) bond motifs is 1. The second-order valence-corrected chi connectivity index (χ2v) is 4.19. The van der Waals surface area contributed by atoms with Crippen LogP contribution in [0, 0.1) is 0 Å². The standard InChI is InChI=1S/C12H12N6O/c1-18-12(14-6-15-18)17-11(19)10-5-7-4-8(13)2-3-9(7)16-10/h2-6,16H,13H2,1H3,(H,14,15,17,19). The maximum absolute atomic E-state index is 12.1. The Balaban J connectivity index is 1.91. The van der Waals surface area contributed by atoms with Crippen LogP contribution in [0.25, 0.3) is 10.9 Å². The van der Waals surface area contributed by atoms with Gasteiger partial charge in [0.2, 0.25) is 5.95 Å². The summed E-state index contributed by atoms with van der Waals surface area (Å²) in [5, 5.41) is 7.44. The van der Waals surface area contributed by atoms with E-state index in [9.17, 15) is 4.79 Å². The number of nitrogens with two attached hydrogens (primary N) is 1. The third kappa shape index (κ3) is 2.01. The van der Waals surface area contributed by atoms with Crippen molar-refractivity contribution >= 4 is 28.4 Å². The van der Waals surface area contributed by atoms with Crippen molar-refractivity contribution < 1.29 is 4.79 Å². The van der Waals surface area contributed by atoms with Crippen LogP contribution in [0.1, 0.15) is 10.5 Å². The Morgan fingerprint density at radius 1 is 1.42 bits per heavy atom. The van der Waals surface area contributed by atoms with E-state index < -0.39 is 0 Å². The maximum atomic E-state index is 12.1. The van der Waals surface area contributed by atoms with Gasteiger partial charge in [-0.3, -0.25) is 10.1 Å². The Morgan fingerprint density at radius 2 is 2.26 bits per heavy atom. The zero-order chi connectivity index (χ0) is 13.4. The highest BCUT2D eigenvalue weighted by Crippen LogP contribution is 2.18. The summed E-state index contributed by atoms with van der Waals surface area (Å²) in [5.74, 6) is 0.119. The number of hydrogen-bond donors (Lipinski definition) is 3. The average Bonchev–Trinajstić information content (AvgIpc) is 2.96. The average molecular weight is 256 g/mol. The number of aromatic amines is 1. The van der Waals surface area contributed by atoms with Crippen molar-refractivity contribution in [1.82, 2.24) is 19.7 Å². The van der Waals surface area contributed by atoms with Crippen molar-refractivity contribution in [3.8, 4) is 0 Å². The highest BCUT2D eigenvalue weighted by atomic mass is 16.2. The van der Waals surface area contributed by atoms with E-state index in [1.165, 1.54) is 11.0 Å². The Labute approximate surface area is 108 Å². The second kappa shape index (κ2) is 4.13. The molecule has 4 N–H and O–H groups in total. The lowest BCUT2D eigenvalue weighted by Gasteiger charge is -2.01. The van der Waals surface area contributed by atoms with E-state index in [0.29, 0.717) is 17.3 Å². The van der Waals surface area contributed by atoms with Gasteiger partial charge in [0.05, 0.1) is 0 Å². The minimum Gasteiger partial charge on any atom is -0.399 e. The molecular weight excluding hydrogens is 244 g/mol. The Bertz CT molecular complexity index is 757. The van der Waals surface area contributed by atoms with E-state index in [0.717, 1.165) is 10.9 Å². The van der Waals surface area contributed by atoms with Gasteiger partial charge in [0, 0.05) is 23.6 Å². The number of carbonyl (C=O) groups excluding carboxylic acids is 1. The van der Waals surface area contributed by atoms with Crippen LogP contribution in [0.4, 0.5) is 11.6 Å². The molecule has 0 spiro atoms. The van der Waals surface area contributed by atoms with Gasteiger partial charge in [-0.15, -0.1) is 0 Å². The summed E-state index contributed by atoms with van der Waals surface area (Å²) in [5.41, 5.74) is 7.67. The molecule has 0 aliphatic heterocycles. The zero-order valence-electron chi connectivity index (χ0n) is 10.2. The van der Waals surface area contributed by atoms with Crippen LogP contribution in [-0.2, 0) is 7.05 Å². The summed E-state index contributed by atoms with van der Waals surface area (Å²) in [4.78, 5) is 19.0. The Kier molecular flexibility index (Phi) is 2.45. The third-order valence-corrected chi connectivity index (χ3v) is 2.83. The number of carbonyl (C=O) groups is 1. The first-order valence-corrected chi connectivity index (χ1v) is 5.67. The van der Waals surface area contributed by atoms with Gasteiger partial charge in [-0.25, -0.2) is 4.68 Å². The summed E-state index contributed by atoms with van der Waals surface area (Å²) in [6.07, 6.45) is 1.38. The first-order valence-electron chi connectivity index (χ1n) is 5.67. The fraction of sp³-hybridized carbons (Fsp3) is 0.0833. The highest BCUT2D eigenvalue weighted by Gasteiger charge is 2.12. The minimum atomic E-state index is -0.272. The van der Waals surface area contributed by atoms with Crippen LogP contribution >= 0.6 is 0 Å². The molecule has 0 unspecified atom stereocenters. The molecular formula is C12H12N6O. The Morgan fingerprint density at radius 3 is 3.00 bits per heavy atom. The number of nitrogen functional groups attached to an aromatic ring is 1. The van der Waals surface area contributed by atoms with Crippen LogP contribution in [0.2, 0.25) is 0 Å². The molecule has 7 nitrogen and oxygen atoms in total. The van der Waals surface area contributed by atoms with Crippen LogP contribution < -0.4 is 11.1 Å². The number of amides is 1. The van der Waals surface area contributed by atoms with Gasteiger partial charge >= 0.3 is 0 Å². The summed E-state index contributed by atoms with van der Waals surface area (Å²) < 4.78 is 1.48.